The van der Waals surface area contributed by atoms with Crippen molar-refractivity contribution in [3.05, 3.63) is 89.5 Å². The van der Waals surface area contributed by atoms with E-state index in [1.807, 2.05) is 0 Å². The molecule has 0 saturated carbocycles. The van der Waals surface area contributed by atoms with Gasteiger partial charge in [0.2, 0.25) is 5.78 Å². The Balaban J connectivity index is 1.91. The predicted octanol–water partition coefficient (Wildman–Crippen LogP) is 3.81. The Labute approximate surface area is 184 Å². The van der Waals surface area contributed by atoms with E-state index in [-0.39, 0.29) is 34.1 Å². The number of carbonyl (C=O) groups excluding carboxylic acids is 1. The molecular weight excluding hydrogens is 412 g/mol. The third-order valence-electron chi connectivity index (χ3n) is 5.56. The molecule has 32 heavy (non-hydrogen) atoms. The van der Waals surface area contributed by atoms with Crippen molar-refractivity contribution in [3.63, 3.8) is 0 Å². The molecule has 7 nitrogen and oxygen atoms in total. The molecule has 0 radical (unpaired) electrons. The lowest BCUT2D eigenvalue weighted by Crippen LogP contribution is -2.36. The van der Waals surface area contributed by atoms with Gasteiger partial charge in [0.05, 0.1) is 7.11 Å². The summed E-state index contributed by atoms with van der Waals surface area (Å²) >= 11 is 0. The second kappa shape index (κ2) is 8.28. The summed E-state index contributed by atoms with van der Waals surface area (Å²) in [7, 11) is 1.41. The van der Waals surface area contributed by atoms with E-state index in [1.54, 1.807) is 42.5 Å². The molecule has 0 saturated heterocycles. The van der Waals surface area contributed by atoms with Crippen molar-refractivity contribution in [1.82, 2.24) is 0 Å². The molecule has 0 aromatic heterocycles. The van der Waals surface area contributed by atoms with Crippen LogP contribution in [-0.2, 0) is 0 Å². The van der Waals surface area contributed by atoms with Gasteiger partial charge in [0.1, 0.15) is 22.8 Å². The van der Waals surface area contributed by atoms with Crippen LogP contribution < -0.4 is 9.47 Å². The topological polar surface area (TPSA) is 116 Å². The van der Waals surface area contributed by atoms with Crippen molar-refractivity contribution in [3.8, 4) is 28.7 Å². The molecule has 1 aliphatic rings. The van der Waals surface area contributed by atoms with E-state index in [0.29, 0.717) is 11.1 Å². The second-order valence-electron chi connectivity index (χ2n) is 7.44. The number of carbonyl (C=O) groups is 1. The third-order valence-corrected chi connectivity index (χ3v) is 5.56. The fourth-order valence-corrected chi connectivity index (χ4v) is 3.99. The number of phenolic OH excluding ortho intramolecular Hbond substituents is 3. The summed E-state index contributed by atoms with van der Waals surface area (Å²) in [6.45, 7) is 3.85. The van der Waals surface area contributed by atoms with Crippen LogP contribution in [0.25, 0.3) is 0 Å². The molecule has 0 bridgehead atoms. The molecule has 0 fully saturated rings. The van der Waals surface area contributed by atoms with Crippen LogP contribution >= 0.6 is 0 Å². The Kier molecular flexibility index (Phi) is 5.50. The Bertz CT molecular complexity index is 1190. The zero-order valence-corrected chi connectivity index (χ0v) is 17.2. The Morgan fingerprint density at radius 2 is 1.75 bits per heavy atom. The summed E-state index contributed by atoms with van der Waals surface area (Å²) in [6, 6.07) is 14.4. The summed E-state index contributed by atoms with van der Waals surface area (Å²) in [5.74, 6) is -2.09. The van der Waals surface area contributed by atoms with Crippen LogP contribution in [0.3, 0.4) is 0 Å². The number of ketones is 1. The number of aliphatic hydroxyl groups is 1. The highest BCUT2D eigenvalue weighted by Crippen LogP contribution is 2.50. The number of ether oxygens (including phenoxy) is 2. The molecule has 0 aliphatic carbocycles. The largest absolute Gasteiger partial charge is 0.507 e. The van der Waals surface area contributed by atoms with Crippen LogP contribution in [0, 0.1) is 0 Å². The highest BCUT2D eigenvalue weighted by Gasteiger charge is 2.41. The number of hydrogen-bond acceptors (Lipinski definition) is 7. The first-order chi connectivity index (χ1) is 15.4. The third kappa shape index (κ3) is 3.42. The Morgan fingerprint density at radius 1 is 1.03 bits per heavy atom. The van der Waals surface area contributed by atoms with Crippen LogP contribution in [0.15, 0.2) is 67.3 Å². The first kappa shape index (κ1) is 21.3. The number of aromatic hydroxyl groups is 3. The standard InChI is InChI=1S/C25H22O7/c1-3-15(14-9-10-16(26)19(11-14)31-2)20-17(27)12-18(28)21-22(29)23(30)24(32-25(20)21)13-7-5-4-6-8-13/h3-12,15,23-24,26-28,30H,1H2,2H3/t15?,23-,24+/m0/s1. The molecule has 1 unspecified atom stereocenters. The van der Waals surface area contributed by atoms with Crippen molar-refractivity contribution in [1.29, 1.82) is 0 Å². The number of rotatable bonds is 5. The molecule has 164 valence electrons. The van der Waals surface area contributed by atoms with Gasteiger partial charge >= 0.3 is 0 Å². The molecule has 0 spiro atoms. The van der Waals surface area contributed by atoms with Crippen LogP contribution in [0.4, 0.5) is 0 Å². The zero-order valence-electron chi connectivity index (χ0n) is 17.2. The van der Waals surface area contributed by atoms with Gasteiger partial charge in [0.25, 0.3) is 0 Å². The highest BCUT2D eigenvalue weighted by molar-refractivity contribution is 6.06. The first-order valence-electron chi connectivity index (χ1n) is 9.89. The lowest BCUT2D eigenvalue weighted by molar-refractivity contribution is 0.0205. The number of aliphatic hydroxyl groups excluding tert-OH is 1. The Hall–Kier alpha value is -3.97. The number of benzene rings is 3. The van der Waals surface area contributed by atoms with Crippen LogP contribution in [0.5, 0.6) is 28.7 Å². The van der Waals surface area contributed by atoms with E-state index in [9.17, 15) is 25.2 Å². The van der Waals surface area contributed by atoms with Crippen molar-refractivity contribution < 1.29 is 34.7 Å². The Morgan fingerprint density at radius 3 is 2.41 bits per heavy atom. The SMILES string of the molecule is C=CC(c1ccc(O)c(OC)c1)c1c(O)cc(O)c2c1O[C@H](c1ccccc1)[C@@H](O)C2=O. The number of hydrogen-bond donors (Lipinski definition) is 4. The molecule has 3 atom stereocenters. The second-order valence-corrected chi connectivity index (χ2v) is 7.44. The monoisotopic (exact) mass is 434 g/mol. The number of fused-ring (bicyclic) bond motifs is 1. The predicted molar refractivity (Wildman–Crippen MR) is 117 cm³/mol. The van der Waals surface area contributed by atoms with Gasteiger partial charge < -0.3 is 29.9 Å². The average Bonchev–Trinajstić information content (AvgIpc) is 2.79. The van der Waals surface area contributed by atoms with Gasteiger partial charge in [-0.15, -0.1) is 6.58 Å². The van der Waals surface area contributed by atoms with Gasteiger partial charge in [-0.1, -0.05) is 42.5 Å². The summed E-state index contributed by atoms with van der Waals surface area (Å²) < 4.78 is 11.2. The molecule has 7 heteroatoms. The normalized spacial score (nSPS) is 18.4. The lowest BCUT2D eigenvalue weighted by Gasteiger charge is -2.33. The summed E-state index contributed by atoms with van der Waals surface area (Å²) in [5, 5.41) is 41.7. The zero-order chi connectivity index (χ0) is 23.0. The van der Waals surface area contributed by atoms with Gasteiger partial charge in [-0.25, -0.2) is 0 Å². The van der Waals surface area contributed by atoms with Gasteiger partial charge in [-0.05, 0) is 23.3 Å². The molecule has 3 aromatic carbocycles. The van der Waals surface area contributed by atoms with Crippen molar-refractivity contribution in [2.24, 2.45) is 0 Å². The van der Waals surface area contributed by atoms with Gasteiger partial charge in [-0.2, -0.15) is 0 Å². The van der Waals surface area contributed by atoms with Crippen molar-refractivity contribution in [2.45, 2.75) is 18.1 Å². The van der Waals surface area contributed by atoms with E-state index >= 15 is 0 Å². The van der Waals surface area contributed by atoms with Gasteiger partial charge in [0.15, 0.2) is 23.7 Å². The minimum Gasteiger partial charge on any atom is -0.507 e. The maximum Gasteiger partial charge on any atom is 0.202 e. The number of phenols is 3. The van der Waals surface area contributed by atoms with E-state index in [1.165, 1.54) is 19.3 Å². The smallest absolute Gasteiger partial charge is 0.202 e. The summed E-state index contributed by atoms with van der Waals surface area (Å²) in [5.41, 5.74) is 1.14. The van der Waals surface area contributed by atoms with E-state index in [2.05, 4.69) is 6.58 Å². The quantitative estimate of drug-likeness (QED) is 0.451. The van der Waals surface area contributed by atoms with E-state index < -0.39 is 29.7 Å². The lowest BCUT2D eigenvalue weighted by atomic mass is 9.84. The highest BCUT2D eigenvalue weighted by atomic mass is 16.5. The molecule has 1 aliphatic heterocycles. The van der Waals surface area contributed by atoms with Gasteiger partial charge in [-0.3, -0.25) is 4.79 Å². The molecule has 0 amide bonds. The first-order valence-corrected chi connectivity index (χ1v) is 9.89. The van der Waals surface area contributed by atoms with Crippen molar-refractivity contribution >= 4 is 5.78 Å². The molecule has 3 aromatic rings. The van der Waals surface area contributed by atoms with Crippen LogP contribution in [0.2, 0.25) is 0 Å². The number of Topliss-reactive ketones (excluding diaryl/α,β-unsaturated/α-hetero) is 1. The number of allylic oxidation sites excluding steroid dienone is 1. The maximum absolute atomic E-state index is 13.0. The molecular formula is C25H22O7. The van der Waals surface area contributed by atoms with E-state index in [4.69, 9.17) is 9.47 Å². The average molecular weight is 434 g/mol. The summed E-state index contributed by atoms with van der Waals surface area (Å²) in [4.78, 5) is 13.0. The summed E-state index contributed by atoms with van der Waals surface area (Å²) in [6.07, 6.45) is -1.03. The number of methoxy groups -OCH3 is 1. The molecule has 4 rings (SSSR count). The minimum atomic E-state index is -1.54. The minimum absolute atomic E-state index is 0.0383. The van der Waals surface area contributed by atoms with Crippen LogP contribution in [0.1, 0.15) is 39.1 Å². The van der Waals surface area contributed by atoms with E-state index in [0.717, 1.165) is 6.07 Å². The fourth-order valence-electron chi connectivity index (χ4n) is 3.99. The van der Waals surface area contributed by atoms with Gasteiger partial charge in [0, 0.05) is 17.5 Å². The molecule has 1 heterocycles. The van der Waals surface area contributed by atoms with Crippen LogP contribution in [-0.4, -0.2) is 39.4 Å². The maximum atomic E-state index is 13.0. The van der Waals surface area contributed by atoms with Crippen molar-refractivity contribution in [2.75, 3.05) is 7.11 Å². The molecule has 4 N–H and O–H groups in total. The fraction of sp³-hybridized carbons (Fsp3) is 0.160.